The third-order valence-corrected chi connectivity index (χ3v) is 3.58. The van der Waals surface area contributed by atoms with Crippen LogP contribution in [0.5, 0.6) is 0 Å². The molecule has 5 heteroatoms. The molecule has 1 aliphatic heterocycles. The first kappa shape index (κ1) is 10.9. The van der Waals surface area contributed by atoms with Crippen LogP contribution in [0.25, 0.3) is 11.4 Å². The zero-order chi connectivity index (χ0) is 11.8. The van der Waals surface area contributed by atoms with Crippen molar-refractivity contribution in [1.82, 2.24) is 20.1 Å². The molecule has 3 rings (SSSR count). The van der Waals surface area contributed by atoms with Crippen molar-refractivity contribution in [2.24, 2.45) is 0 Å². The van der Waals surface area contributed by atoms with Gasteiger partial charge in [0.05, 0.1) is 6.04 Å². The highest BCUT2D eigenvalue weighted by molar-refractivity contribution is 9.10. The average molecular weight is 293 g/mol. The fraction of sp³-hybridized carbons (Fsp3) is 0.333. The van der Waals surface area contributed by atoms with Gasteiger partial charge in [-0.25, -0.2) is 0 Å². The van der Waals surface area contributed by atoms with Gasteiger partial charge >= 0.3 is 0 Å². The molecular weight excluding hydrogens is 280 g/mol. The summed E-state index contributed by atoms with van der Waals surface area (Å²) in [4.78, 5) is 0. The van der Waals surface area contributed by atoms with Crippen molar-refractivity contribution < 1.29 is 0 Å². The Morgan fingerprint density at radius 3 is 2.82 bits per heavy atom. The lowest BCUT2D eigenvalue weighted by molar-refractivity contribution is 0.439. The summed E-state index contributed by atoms with van der Waals surface area (Å²) in [7, 11) is 0. The van der Waals surface area contributed by atoms with Crippen molar-refractivity contribution in [1.29, 1.82) is 0 Å². The molecule has 0 amide bonds. The van der Waals surface area contributed by atoms with Gasteiger partial charge in [-0.1, -0.05) is 28.1 Å². The summed E-state index contributed by atoms with van der Waals surface area (Å²) in [5.41, 5.74) is 1.11. The molecule has 0 fully saturated rings. The number of nitrogens with zero attached hydrogens (tertiary/aromatic N) is 3. The second-order valence-electron chi connectivity index (χ2n) is 4.22. The maximum atomic E-state index is 4.31. The van der Waals surface area contributed by atoms with E-state index in [-0.39, 0.29) is 6.04 Å². The first-order valence-corrected chi connectivity index (χ1v) is 6.47. The first-order valence-electron chi connectivity index (χ1n) is 5.68. The lowest BCUT2D eigenvalue weighted by Crippen LogP contribution is -2.32. The molecule has 0 aliphatic carbocycles. The minimum absolute atomic E-state index is 0.278. The predicted molar refractivity (Wildman–Crippen MR) is 69.6 cm³/mol. The van der Waals surface area contributed by atoms with Crippen LogP contribution >= 0.6 is 15.9 Å². The predicted octanol–water partition coefficient (Wildman–Crippen LogP) is 2.37. The van der Waals surface area contributed by atoms with E-state index >= 15 is 0 Å². The Morgan fingerprint density at radius 2 is 2.06 bits per heavy atom. The van der Waals surface area contributed by atoms with Gasteiger partial charge in [0.2, 0.25) is 0 Å². The minimum atomic E-state index is 0.278. The molecule has 1 aliphatic rings. The second-order valence-corrected chi connectivity index (χ2v) is 5.13. The number of rotatable bonds is 1. The van der Waals surface area contributed by atoms with Crippen LogP contribution in [0, 0.1) is 0 Å². The molecule has 1 aromatic carbocycles. The van der Waals surface area contributed by atoms with Gasteiger partial charge in [-0.2, -0.15) is 0 Å². The molecule has 0 saturated heterocycles. The Labute approximate surface area is 108 Å². The normalized spacial score (nSPS) is 19.1. The molecule has 0 bridgehead atoms. The number of aromatic nitrogens is 3. The lowest BCUT2D eigenvalue weighted by atomic mass is 10.2. The van der Waals surface area contributed by atoms with Crippen LogP contribution in [0.1, 0.15) is 18.8 Å². The minimum Gasteiger partial charge on any atom is -0.308 e. The Hall–Kier alpha value is -1.20. The number of benzene rings is 1. The van der Waals surface area contributed by atoms with Crippen LogP contribution < -0.4 is 5.32 Å². The number of halogens is 1. The van der Waals surface area contributed by atoms with Crippen molar-refractivity contribution in [3.8, 4) is 11.4 Å². The number of hydrogen-bond acceptors (Lipinski definition) is 3. The summed E-state index contributed by atoms with van der Waals surface area (Å²) in [6.07, 6.45) is 0. The average Bonchev–Trinajstić information content (AvgIpc) is 2.75. The SMILES string of the molecule is CC1NCCn2c(-c3ccc(Br)cc3)nnc21. The molecule has 1 aromatic heterocycles. The standard InChI is InChI=1S/C12H13BrN4/c1-8-11-15-16-12(17(11)7-6-14-8)9-2-4-10(13)5-3-9/h2-5,8,14H,6-7H2,1H3. The topological polar surface area (TPSA) is 42.7 Å². The van der Waals surface area contributed by atoms with Crippen LogP contribution in [-0.2, 0) is 6.54 Å². The third kappa shape index (κ3) is 1.89. The van der Waals surface area contributed by atoms with E-state index in [0.717, 1.165) is 34.8 Å². The van der Waals surface area contributed by atoms with E-state index in [1.807, 2.05) is 12.1 Å². The zero-order valence-electron chi connectivity index (χ0n) is 9.52. The van der Waals surface area contributed by atoms with Crippen molar-refractivity contribution in [3.05, 3.63) is 34.6 Å². The van der Waals surface area contributed by atoms with Gasteiger partial charge < -0.3 is 9.88 Å². The number of hydrogen-bond donors (Lipinski definition) is 1. The van der Waals surface area contributed by atoms with Gasteiger partial charge in [0.25, 0.3) is 0 Å². The van der Waals surface area contributed by atoms with Gasteiger partial charge in [-0.15, -0.1) is 10.2 Å². The van der Waals surface area contributed by atoms with E-state index in [2.05, 4.69) is 55.1 Å². The fourth-order valence-electron chi connectivity index (χ4n) is 2.15. The molecule has 1 atom stereocenters. The van der Waals surface area contributed by atoms with E-state index in [4.69, 9.17) is 0 Å². The Balaban J connectivity index is 2.07. The molecule has 2 heterocycles. The highest BCUT2D eigenvalue weighted by atomic mass is 79.9. The summed E-state index contributed by atoms with van der Waals surface area (Å²) in [6.45, 7) is 4.01. The Bertz CT molecular complexity index is 532. The van der Waals surface area contributed by atoms with Crippen LogP contribution in [0.4, 0.5) is 0 Å². The Kier molecular flexibility index (Phi) is 2.72. The molecule has 0 spiro atoms. The maximum Gasteiger partial charge on any atom is 0.164 e. The van der Waals surface area contributed by atoms with Gasteiger partial charge in [-0.3, -0.25) is 0 Å². The fourth-order valence-corrected chi connectivity index (χ4v) is 2.42. The van der Waals surface area contributed by atoms with Gasteiger partial charge in [0.15, 0.2) is 5.82 Å². The van der Waals surface area contributed by atoms with Crippen molar-refractivity contribution in [3.63, 3.8) is 0 Å². The summed E-state index contributed by atoms with van der Waals surface area (Å²) in [5, 5.41) is 12.0. The largest absolute Gasteiger partial charge is 0.308 e. The number of fused-ring (bicyclic) bond motifs is 1. The summed E-state index contributed by atoms with van der Waals surface area (Å²) in [5.74, 6) is 1.98. The van der Waals surface area contributed by atoms with E-state index in [0.29, 0.717) is 0 Å². The molecule has 2 aromatic rings. The molecule has 88 valence electrons. The highest BCUT2D eigenvalue weighted by Gasteiger charge is 2.21. The lowest BCUT2D eigenvalue weighted by Gasteiger charge is -2.21. The maximum absolute atomic E-state index is 4.31. The molecule has 1 unspecified atom stereocenters. The summed E-state index contributed by atoms with van der Waals surface area (Å²) >= 11 is 3.44. The molecular formula is C12H13BrN4. The van der Waals surface area contributed by atoms with Crippen LogP contribution in [-0.4, -0.2) is 21.3 Å². The van der Waals surface area contributed by atoms with E-state index in [1.165, 1.54) is 0 Å². The summed E-state index contributed by atoms with van der Waals surface area (Å²) in [6, 6.07) is 8.46. The third-order valence-electron chi connectivity index (χ3n) is 3.06. The first-order chi connectivity index (χ1) is 8.25. The van der Waals surface area contributed by atoms with Gasteiger partial charge in [-0.05, 0) is 19.1 Å². The quantitative estimate of drug-likeness (QED) is 0.878. The molecule has 0 saturated carbocycles. The van der Waals surface area contributed by atoms with Crippen molar-refractivity contribution in [2.45, 2.75) is 19.5 Å². The van der Waals surface area contributed by atoms with E-state index in [1.54, 1.807) is 0 Å². The van der Waals surface area contributed by atoms with Crippen LogP contribution in [0.15, 0.2) is 28.7 Å². The van der Waals surface area contributed by atoms with Crippen molar-refractivity contribution >= 4 is 15.9 Å². The van der Waals surface area contributed by atoms with Gasteiger partial charge in [0, 0.05) is 23.1 Å². The van der Waals surface area contributed by atoms with Crippen LogP contribution in [0.2, 0.25) is 0 Å². The van der Waals surface area contributed by atoms with E-state index in [9.17, 15) is 0 Å². The smallest absolute Gasteiger partial charge is 0.164 e. The van der Waals surface area contributed by atoms with Crippen LogP contribution in [0.3, 0.4) is 0 Å². The second kappa shape index (κ2) is 4.23. The monoisotopic (exact) mass is 292 g/mol. The molecule has 17 heavy (non-hydrogen) atoms. The number of nitrogens with one attached hydrogen (secondary N) is 1. The van der Waals surface area contributed by atoms with Gasteiger partial charge in [0.1, 0.15) is 5.82 Å². The summed E-state index contributed by atoms with van der Waals surface area (Å²) < 4.78 is 3.28. The Morgan fingerprint density at radius 1 is 1.29 bits per heavy atom. The molecule has 4 nitrogen and oxygen atoms in total. The molecule has 0 radical (unpaired) electrons. The van der Waals surface area contributed by atoms with Crippen molar-refractivity contribution in [2.75, 3.05) is 6.54 Å². The highest BCUT2D eigenvalue weighted by Crippen LogP contribution is 2.24. The zero-order valence-corrected chi connectivity index (χ0v) is 11.1. The molecule has 1 N–H and O–H groups in total. The van der Waals surface area contributed by atoms with E-state index < -0.39 is 0 Å².